The summed E-state index contributed by atoms with van der Waals surface area (Å²) in [7, 11) is 0. The number of fused-ring (bicyclic) bond motifs is 2. The minimum absolute atomic E-state index is 0.0587. The van der Waals surface area contributed by atoms with Crippen molar-refractivity contribution in [2.75, 3.05) is 6.54 Å². The first-order valence-corrected chi connectivity index (χ1v) is 10.1. The van der Waals surface area contributed by atoms with Crippen LogP contribution in [-0.4, -0.2) is 35.3 Å². The Morgan fingerprint density at radius 3 is 2.43 bits per heavy atom. The lowest BCUT2D eigenvalue weighted by Gasteiger charge is -2.39. The van der Waals surface area contributed by atoms with Gasteiger partial charge >= 0.3 is 6.03 Å². The highest BCUT2D eigenvalue weighted by Gasteiger charge is 2.61. The summed E-state index contributed by atoms with van der Waals surface area (Å²) in [6, 6.07) is 8.69. The minimum atomic E-state index is -1.14. The second kappa shape index (κ2) is 6.06. The van der Waals surface area contributed by atoms with Crippen molar-refractivity contribution < 1.29 is 14.4 Å². The van der Waals surface area contributed by atoms with Crippen molar-refractivity contribution in [1.82, 2.24) is 15.5 Å². The lowest BCUT2D eigenvalue weighted by atomic mass is 9.69. The van der Waals surface area contributed by atoms with Crippen LogP contribution in [0, 0.1) is 16.7 Å². The fraction of sp³-hybridized carbons (Fsp3) is 0.591. The van der Waals surface area contributed by atoms with Crippen LogP contribution in [0.3, 0.4) is 0 Å². The molecule has 0 aromatic heterocycles. The summed E-state index contributed by atoms with van der Waals surface area (Å²) in [5.41, 5.74) is -0.182. The maximum atomic E-state index is 13.0. The number of hydrogen-bond acceptors (Lipinski definition) is 3. The molecule has 28 heavy (non-hydrogen) atoms. The summed E-state index contributed by atoms with van der Waals surface area (Å²) in [5, 5.41) is 5.88. The third kappa shape index (κ3) is 2.50. The largest absolute Gasteiger partial charge is 0.351 e. The lowest BCUT2D eigenvalue weighted by molar-refractivity contribution is -0.135. The van der Waals surface area contributed by atoms with Crippen molar-refractivity contribution in [2.45, 2.75) is 58.5 Å². The Morgan fingerprint density at radius 1 is 1.18 bits per heavy atom. The van der Waals surface area contributed by atoms with E-state index in [0.29, 0.717) is 11.5 Å². The van der Waals surface area contributed by atoms with Gasteiger partial charge in [0, 0.05) is 6.04 Å². The topological polar surface area (TPSA) is 78.5 Å². The standard InChI is InChI=1S/C22H29N3O3/c1-20(2)15-10-11-21(20,3)16(12-15)23-17(26)13-25-18(27)22(4,24-19(25)28)14-8-6-5-7-9-14/h5-9,15-16H,10-13H2,1-4H3,(H,23,26)(H,24,28). The Labute approximate surface area is 166 Å². The quantitative estimate of drug-likeness (QED) is 0.785. The van der Waals surface area contributed by atoms with Crippen molar-refractivity contribution >= 4 is 17.8 Å². The molecule has 1 saturated heterocycles. The van der Waals surface area contributed by atoms with E-state index in [2.05, 4.69) is 31.4 Å². The molecule has 0 spiro atoms. The first-order chi connectivity index (χ1) is 13.1. The van der Waals surface area contributed by atoms with Gasteiger partial charge in [0.25, 0.3) is 5.91 Å². The summed E-state index contributed by atoms with van der Waals surface area (Å²) in [4.78, 5) is 39.2. The van der Waals surface area contributed by atoms with Gasteiger partial charge in [-0.3, -0.25) is 14.5 Å². The number of rotatable bonds is 4. The number of urea groups is 1. The molecule has 4 atom stereocenters. The van der Waals surface area contributed by atoms with Gasteiger partial charge in [-0.2, -0.15) is 0 Å². The first-order valence-electron chi connectivity index (χ1n) is 10.1. The minimum Gasteiger partial charge on any atom is -0.351 e. The number of imide groups is 1. The molecule has 4 amide bonds. The number of benzene rings is 1. The van der Waals surface area contributed by atoms with E-state index in [0.717, 1.165) is 17.7 Å². The van der Waals surface area contributed by atoms with Crippen LogP contribution in [0.15, 0.2) is 30.3 Å². The summed E-state index contributed by atoms with van der Waals surface area (Å²) in [5.74, 6) is -0.0467. The second-order valence-corrected chi connectivity index (χ2v) is 9.54. The van der Waals surface area contributed by atoms with Gasteiger partial charge in [-0.15, -0.1) is 0 Å². The third-order valence-corrected chi connectivity index (χ3v) is 8.06. The van der Waals surface area contributed by atoms with E-state index in [1.165, 1.54) is 6.42 Å². The number of nitrogens with zero attached hydrogens (tertiary/aromatic N) is 1. The predicted octanol–water partition coefficient (Wildman–Crippen LogP) is 2.78. The maximum absolute atomic E-state index is 13.0. The molecular weight excluding hydrogens is 354 g/mol. The zero-order valence-electron chi connectivity index (χ0n) is 17.0. The van der Waals surface area contributed by atoms with Crippen LogP contribution in [0.2, 0.25) is 0 Å². The SMILES string of the molecule is CC1(c2ccccc2)NC(=O)N(CC(=O)NC2CC3CCC2(C)C3(C)C)C1=O. The van der Waals surface area contributed by atoms with E-state index >= 15 is 0 Å². The van der Waals surface area contributed by atoms with Crippen LogP contribution < -0.4 is 10.6 Å². The van der Waals surface area contributed by atoms with Gasteiger partial charge in [-0.05, 0) is 48.5 Å². The van der Waals surface area contributed by atoms with Gasteiger partial charge in [0.15, 0.2) is 0 Å². The molecule has 4 unspecified atom stereocenters. The van der Waals surface area contributed by atoms with E-state index in [1.54, 1.807) is 19.1 Å². The Bertz CT molecular complexity index is 837. The molecular formula is C22H29N3O3. The van der Waals surface area contributed by atoms with Crippen LogP contribution >= 0.6 is 0 Å². The van der Waals surface area contributed by atoms with E-state index in [4.69, 9.17) is 0 Å². The Balaban J connectivity index is 1.46. The summed E-state index contributed by atoms with van der Waals surface area (Å²) >= 11 is 0. The average molecular weight is 383 g/mol. The number of carbonyl (C=O) groups excluding carboxylic acids is 3. The van der Waals surface area contributed by atoms with Gasteiger partial charge in [0.1, 0.15) is 12.1 Å². The zero-order valence-corrected chi connectivity index (χ0v) is 17.0. The molecule has 2 saturated carbocycles. The molecule has 150 valence electrons. The molecule has 1 aliphatic heterocycles. The molecule has 3 fully saturated rings. The molecule has 4 rings (SSSR count). The molecule has 2 bridgehead atoms. The van der Waals surface area contributed by atoms with E-state index < -0.39 is 17.5 Å². The van der Waals surface area contributed by atoms with Crippen LogP contribution in [0.1, 0.15) is 52.5 Å². The highest BCUT2D eigenvalue weighted by molar-refractivity contribution is 6.09. The van der Waals surface area contributed by atoms with Gasteiger partial charge < -0.3 is 10.6 Å². The van der Waals surface area contributed by atoms with Crippen LogP contribution in [0.4, 0.5) is 4.79 Å². The monoisotopic (exact) mass is 383 g/mol. The normalized spacial score (nSPS) is 35.9. The summed E-state index contributed by atoms with van der Waals surface area (Å²) < 4.78 is 0. The number of nitrogens with one attached hydrogen (secondary N) is 2. The summed E-state index contributed by atoms with van der Waals surface area (Å²) in [6.07, 6.45) is 3.28. The van der Waals surface area contributed by atoms with Crippen molar-refractivity contribution in [3.63, 3.8) is 0 Å². The Hall–Kier alpha value is -2.37. The van der Waals surface area contributed by atoms with E-state index in [9.17, 15) is 14.4 Å². The molecule has 1 aromatic carbocycles. The maximum Gasteiger partial charge on any atom is 0.325 e. The summed E-state index contributed by atoms with van der Waals surface area (Å²) in [6.45, 7) is 8.27. The van der Waals surface area contributed by atoms with Crippen LogP contribution in [0.25, 0.3) is 0 Å². The molecule has 2 N–H and O–H groups in total. The van der Waals surface area contributed by atoms with Crippen molar-refractivity contribution in [2.24, 2.45) is 16.7 Å². The predicted molar refractivity (Wildman–Crippen MR) is 105 cm³/mol. The molecule has 3 aliphatic rings. The van der Waals surface area contributed by atoms with Crippen LogP contribution in [-0.2, 0) is 15.1 Å². The van der Waals surface area contributed by atoms with E-state index in [1.807, 2.05) is 18.2 Å². The molecule has 1 aromatic rings. The molecule has 6 heteroatoms. The van der Waals surface area contributed by atoms with Gasteiger partial charge in [-0.25, -0.2) is 4.79 Å². The zero-order chi connectivity index (χ0) is 20.3. The van der Waals surface area contributed by atoms with Crippen LogP contribution in [0.5, 0.6) is 0 Å². The van der Waals surface area contributed by atoms with Gasteiger partial charge in [0.2, 0.25) is 5.91 Å². The first kappa shape index (κ1) is 19.0. The van der Waals surface area contributed by atoms with Crippen molar-refractivity contribution in [3.05, 3.63) is 35.9 Å². The number of amides is 4. The molecule has 0 radical (unpaired) electrons. The van der Waals surface area contributed by atoms with Crippen molar-refractivity contribution in [3.8, 4) is 0 Å². The molecule has 1 heterocycles. The number of carbonyl (C=O) groups is 3. The lowest BCUT2D eigenvalue weighted by Crippen LogP contribution is -2.50. The second-order valence-electron chi connectivity index (χ2n) is 9.54. The molecule has 2 aliphatic carbocycles. The highest BCUT2D eigenvalue weighted by Crippen LogP contribution is 2.65. The smallest absolute Gasteiger partial charge is 0.325 e. The molecule has 6 nitrogen and oxygen atoms in total. The average Bonchev–Trinajstić information content (AvgIpc) is 3.09. The van der Waals surface area contributed by atoms with Gasteiger partial charge in [-0.1, -0.05) is 51.1 Å². The fourth-order valence-corrected chi connectivity index (χ4v) is 5.61. The third-order valence-electron chi connectivity index (χ3n) is 8.06. The Morgan fingerprint density at radius 2 is 1.86 bits per heavy atom. The van der Waals surface area contributed by atoms with E-state index in [-0.39, 0.29) is 29.3 Å². The van der Waals surface area contributed by atoms with Crippen molar-refractivity contribution in [1.29, 1.82) is 0 Å². The highest BCUT2D eigenvalue weighted by atomic mass is 16.2. The van der Waals surface area contributed by atoms with Gasteiger partial charge in [0.05, 0.1) is 0 Å². The fourth-order valence-electron chi connectivity index (χ4n) is 5.61. The Kier molecular flexibility index (Phi) is 4.11. The number of hydrogen-bond donors (Lipinski definition) is 2.